The molecule has 0 unspecified atom stereocenters. The summed E-state index contributed by atoms with van der Waals surface area (Å²) in [5.74, 6) is 0.697. The van der Waals surface area contributed by atoms with Gasteiger partial charge in [0.25, 0.3) is 10.0 Å². The molecule has 9 heteroatoms. The zero-order valence-electron chi connectivity index (χ0n) is 16.8. The van der Waals surface area contributed by atoms with Gasteiger partial charge < -0.3 is 4.52 Å². The first-order chi connectivity index (χ1) is 15.6. The van der Waals surface area contributed by atoms with Gasteiger partial charge in [0.2, 0.25) is 11.0 Å². The normalized spacial score (nSPS) is 11.6. The Labute approximate surface area is 189 Å². The Balaban J connectivity index is 1.50. The average Bonchev–Trinajstić information content (AvgIpc) is 3.45. The number of anilines is 1. The van der Waals surface area contributed by atoms with Crippen LogP contribution < -0.4 is 4.31 Å². The number of benzene rings is 3. The van der Waals surface area contributed by atoms with Crippen molar-refractivity contribution in [1.29, 1.82) is 0 Å². The van der Waals surface area contributed by atoms with Gasteiger partial charge in [0.1, 0.15) is 6.54 Å². The minimum Gasteiger partial charge on any atom is -0.337 e. The van der Waals surface area contributed by atoms with Crippen LogP contribution in [0.5, 0.6) is 0 Å². The maximum Gasteiger partial charge on any atom is 0.266 e. The van der Waals surface area contributed by atoms with E-state index in [1.807, 2.05) is 54.6 Å². The molecule has 0 aliphatic rings. The van der Waals surface area contributed by atoms with Gasteiger partial charge in [0.05, 0.1) is 15.1 Å². The summed E-state index contributed by atoms with van der Waals surface area (Å²) >= 11 is 1.30. The van der Waals surface area contributed by atoms with Crippen LogP contribution in [0.4, 0.5) is 5.13 Å². The molecule has 5 aromatic rings. The lowest BCUT2D eigenvalue weighted by molar-refractivity contribution is 0.375. The molecule has 7 nitrogen and oxygen atoms in total. The standard InChI is InChI=1S/C23H18N4O3S2/c28-32(29,18-11-5-2-6-12-18)27(23-24-19-13-7-8-14-20(19)31-23)16-22-25-21(26-30-22)15-17-9-3-1-4-10-17/h1-14H,15-16H2. The summed E-state index contributed by atoms with van der Waals surface area (Å²) in [5, 5.41) is 4.38. The summed E-state index contributed by atoms with van der Waals surface area (Å²) in [7, 11) is -3.90. The zero-order valence-corrected chi connectivity index (χ0v) is 18.5. The van der Waals surface area contributed by atoms with E-state index < -0.39 is 10.0 Å². The van der Waals surface area contributed by atoms with E-state index in [0.717, 1.165) is 15.8 Å². The predicted octanol–water partition coefficient (Wildman–Crippen LogP) is 4.67. The van der Waals surface area contributed by atoms with Gasteiger partial charge in [-0.1, -0.05) is 77.2 Å². The van der Waals surface area contributed by atoms with E-state index in [-0.39, 0.29) is 17.3 Å². The van der Waals surface area contributed by atoms with Gasteiger partial charge in [-0.15, -0.1) is 0 Å². The molecule has 0 radical (unpaired) electrons. The number of rotatable bonds is 7. The zero-order chi connectivity index (χ0) is 22.0. The van der Waals surface area contributed by atoms with Crippen molar-refractivity contribution in [2.24, 2.45) is 0 Å². The van der Waals surface area contributed by atoms with Crippen LogP contribution in [0.3, 0.4) is 0 Å². The molecule has 0 atom stereocenters. The van der Waals surface area contributed by atoms with Crippen molar-refractivity contribution >= 4 is 36.7 Å². The first kappa shape index (κ1) is 20.3. The third-order valence-electron chi connectivity index (χ3n) is 4.82. The van der Waals surface area contributed by atoms with E-state index >= 15 is 0 Å². The smallest absolute Gasteiger partial charge is 0.266 e. The van der Waals surface area contributed by atoms with Crippen molar-refractivity contribution in [2.75, 3.05) is 4.31 Å². The number of aromatic nitrogens is 3. The predicted molar refractivity (Wildman–Crippen MR) is 123 cm³/mol. The molecule has 160 valence electrons. The number of thiazole rings is 1. The second kappa shape index (κ2) is 8.52. The van der Waals surface area contributed by atoms with Crippen LogP contribution in [0.25, 0.3) is 10.2 Å². The van der Waals surface area contributed by atoms with Crippen LogP contribution in [0.2, 0.25) is 0 Å². The van der Waals surface area contributed by atoms with Gasteiger partial charge in [-0.05, 0) is 29.8 Å². The Bertz CT molecular complexity index is 1420. The van der Waals surface area contributed by atoms with Crippen LogP contribution in [-0.4, -0.2) is 23.5 Å². The van der Waals surface area contributed by atoms with Crippen molar-refractivity contribution in [3.8, 4) is 0 Å². The second-order valence-electron chi connectivity index (χ2n) is 7.06. The summed E-state index contributed by atoms with van der Waals surface area (Å²) in [5.41, 5.74) is 1.77. The molecule has 0 aliphatic carbocycles. The maximum atomic E-state index is 13.5. The molecule has 32 heavy (non-hydrogen) atoms. The first-order valence-electron chi connectivity index (χ1n) is 9.88. The van der Waals surface area contributed by atoms with Gasteiger partial charge in [-0.2, -0.15) is 4.98 Å². The van der Waals surface area contributed by atoms with Gasteiger partial charge in [-0.3, -0.25) is 0 Å². The number of hydrogen-bond donors (Lipinski definition) is 0. The number of sulfonamides is 1. The van der Waals surface area contributed by atoms with Crippen molar-refractivity contribution in [3.63, 3.8) is 0 Å². The van der Waals surface area contributed by atoms with Crippen LogP contribution in [0.1, 0.15) is 17.3 Å². The van der Waals surface area contributed by atoms with Crippen molar-refractivity contribution in [3.05, 3.63) is 102 Å². The Morgan fingerprint density at radius 2 is 1.53 bits per heavy atom. The Hall–Kier alpha value is -3.56. The van der Waals surface area contributed by atoms with E-state index in [0.29, 0.717) is 17.4 Å². The lowest BCUT2D eigenvalue weighted by Gasteiger charge is -2.19. The third-order valence-corrected chi connectivity index (χ3v) is 7.75. The minimum absolute atomic E-state index is 0.112. The monoisotopic (exact) mass is 462 g/mol. The van der Waals surface area contributed by atoms with Gasteiger partial charge >= 0.3 is 0 Å². The van der Waals surface area contributed by atoms with Crippen LogP contribution in [0.15, 0.2) is 94.3 Å². The van der Waals surface area contributed by atoms with Gasteiger partial charge in [-0.25, -0.2) is 17.7 Å². The number of nitrogens with zero attached hydrogens (tertiary/aromatic N) is 4. The first-order valence-corrected chi connectivity index (χ1v) is 12.1. The summed E-state index contributed by atoms with van der Waals surface area (Å²) < 4.78 is 34.6. The fourth-order valence-electron chi connectivity index (χ4n) is 3.27. The van der Waals surface area contributed by atoms with Crippen molar-refractivity contribution in [2.45, 2.75) is 17.9 Å². The van der Waals surface area contributed by atoms with Crippen LogP contribution in [-0.2, 0) is 23.0 Å². The lowest BCUT2D eigenvalue weighted by Crippen LogP contribution is -2.30. The lowest BCUT2D eigenvalue weighted by atomic mass is 10.1. The molecule has 0 fully saturated rings. The molecular weight excluding hydrogens is 444 g/mol. The highest BCUT2D eigenvalue weighted by atomic mass is 32.2. The van der Waals surface area contributed by atoms with Crippen LogP contribution >= 0.6 is 11.3 Å². The largest absolute Gasteiger partial charge is 0.337 e. The highest BCUT2D eigenvalue weighted by Crippen LogP contribution is 2.33. The Morgan fingerprint density at radius 3 is 2.28 bits per heavy atom. The average molecular weight is 463 g/mol. The van der Waals surface area contributed by atoms with E-state index in [2.05, 4.69) is 15.1 Å². The highest BCUT2D eigenvalue weighted by Gasteiger charge is 2.29. The fourth-order valence-corrected chi connectivity index (χ4v) is 5.83. The van der Waals surface area contributed by atoms with Crippen LogP contribution in [0, 0.1) is 0 Å². The van der Waals surface area contributed by atoms with E-state index in [9.17, 15) is 8.42 Å². The third kappa shape index (κ3) is 4.12. The Morgan fingerprint density at radius 1 is 0.844 bits per heavy atom. The number of hydrogen-bond acceptors (Lipinski definition) is 7. The maximum absolute atomic E-state index is 13.5. The second-order valence-corrected chi connectivity index (χ2v) is 9.93. The number of fused-ring (bicyclic) bond motifs is 1. The highest BCUT2D eigenvalue weighted by molar-refractivity contribution is 7.93. The topological polar surface area (TPSA) is 89.2 Å². The van der Waals surface area contributed by atoms with E-state index in [4.69, 9.17) is 4.52 Å². The summed E-state index contributed by atoms with van der Waals surface area (Å²) in [6, 6.07) is 25.6. The molecule has 0 aliphatic heterocycles. The molecule has 2 heterocycles. The molecule has 0 amide bonds. The fraction of sp³-hybridized carbons (Fsp3) is 0.0870. The summed E-state index contributed by atoms with van der Waals surface area (Å²) in [6.45, 7) is -0.112. The number of para-hydroxylation sites is 1. The van der Waals surface area contributed by atoms with E-state index in [1.165, 1.54) is 15.6 Å². The summed E-state index contributed by atoms with van der Waals surface area (Å²) in [6.07, 6.45) is 0.497. The molecule has 0 bridgehead atoms. The summed E-state index contributed by atoms with van der Waals surface area (Å²) in [4.78, 5) is 9.15. The Kier molecular flexibility index (Phi) is 5.42. The SMILES string of the molecule is O=S(=O)(c1ccccc1)N(Cc1nc(Cc2ccccc2)no1)c1nc2ccccc2s1. The van der Waals surface area contributed by atoms with Gasteiger partial charge in [0.15, 0.2) is 5.82 Å². The van der Waals surface area contributed by atoms with Gasteiger partial charge in [0, 0.05) is 6.42 Å². The molecule has 0 spiro atoms. The quantitative estimate of drug-likeness (QED) is 0.349. The molecule has 0 N–H and O–H groups in total. The van der Waals surface area contributed by atoms with E-state index in [1.54, 1.807) is 30.3 Å². The molecule has 5 rings (SSSR count). The molecule has 0 saturated heterocycles. The molecule has 0 saturated carbocycles. The van der Waals surface area contributed by atoms with Crippen molar-refractivity contribution < 1.29 is 12.9 Å². The minimum atomic E-state index is -3.90. The molecular formula is C23H18N4O3S2. The molecule has 2 aromatic heterocycles. The molecule has 3 aromatic carbocycles. The van der Waals surface area contributed by atoms with Crippen molar-refractivity contribution in [1.82, 2.24) is 15.1 Å².